The van der Waals surface area contributed by atoms with Crippen LogP contribution in [0.15, 0.2) is 63.4 Å². The summed E-state index contributed by atoms with van der Waals surface area (Å²) < 4.78 is 5.86. The third kappa shape index (κ3) is 5.32. The standard InChI is InChI=1S/C19H17N3O3S2/c1-25-17-9-13(7-8-16(17)23)10-20-22-18(24)12-27-19-21-15(11-26-19)14-5-3-2-4-6-14/h2-11,23H,12H2,1H3,(H,22,24)/b20-10+. The lowest BCUT2D eigenvalue weighted by Crippen LogP contribution is -2.19. The normalized spacial score (nSPS) is 10.9. The van der Waals surface area contributed by atoms with Crippen LogP contribution in [0.2, 0.25) is 0 Å². The number of rotatable bonds is 7. The molecule has 27 heavy (non-hydrogen) atoms. The molecule has 0 bridgehead atoms. The number of aromatic hydroxyl groups is 1. The van der Waals surface area contributed by atoms with Gasteiger partial charge in [-0.1, -0.05) is 42.1 Å². The maximum Gasteiger partial charge on any atom is 0.250 e. The Kier molecular flexibility index (Phi) is 6.45. The molecule has 1 aromatic heterocycles. The van der Waals surface area contributed by atoms with Crippen molar-refractivity contribution in [2.75, 3.05) is 12.9 Å². The summed E-state index contributed by atoms with van der Waals surface area (Å²) in [5, 5.41) is 15.5. The molecule has 0 aliphatic rings. The Bertz CT molecular complexity index is 942. The van der Waals surface area contributed by atoms with Gasteiger partial charge in [-0.15, -0.1) is 11.3 Å². The minimum Gasteiger partial charge on any atom is -0.504 e. The van der Waals surface area contributed by atoms with E-state index in [1.165, 1.54) is 42.5 Å². The van der Waals surface area contributed by atoms with Crippen LogP contribution in [0.5, 0.6) is 11.5 Å². The predicted octanol–water partition coefficient (Wildman–Crippen LogP) is 3.77. The van der Waals surface area contributed by atoms with Gasteiger partial charge >= 0.3 is 0 Å². The summed E-state index contributed by atoms with van der Waals surface area (Å²) in [6.07, 6.45) is 1.49. The number of phenolic OH excluding ortho intramolecular Hbond substituents is 1. The molecule has 1 amide bonds. The van der Waals surface area contributed by atoms with Crippen LogP contribution in [-0.4, -0.2) is 35.1 Å². The monoisotopic (exact) mass is 399 g/mol. The van der Waals surface area contributed by atoms with Crippen molar-refractivity contribution in [1.82, 2.24) is 10.4 Å². The van der Waals surface area contributed by atoms with Gasteiger partial charge in [-0.3, -0.25) is 4.79 Å². The highest BCUT2D eigenvalue weighted by Crippen LogP contribution is 2.28. The highest BCUT2D eigenvalue weighted by atomic mass is 32.2. The fraction of sp³-hybridized carbons (Fsp3) is 0.105. The van der Waals surface area contributed by atoms with Crippen molar-refractivity contribution in [3.8, 4) is 22.8 Å². The molecule has 0 spiro atoms. The number of hydrazone groups is 1. The third-order valence-corrected chi connectivity index (χ3v) is 5.51. The maximum absolute atomic E-state index is 11.9. The van der Waals surface area contributed by atoms with Gasteiger partial charge in [0.1, 0.15) is 0 Å². The number of amides is 1. The minimum absolute atomic E-state index is 0.0494. The SMILES string of the molecule is COc1cc(/C=N/NC(=O)CSc2nc(-c3ccccc3)cs2)ccc1O. The highest BCUT2D eigenvalue weighted by molar-refractivity contribution is 8.01. The average molecular weight is 399 g/mol. The molecule has 3 rings (SSSR count). The number of methoxy groups -OCH3 is 1. The molecule has 0 aliphatic heterocycles. The van der Waals surface area contributed by atoms with Gasteiger partial charge in [0.25, 0.3) is 5.91 Å². The van der Waals surface area contributed by atoms with Crippen LogP contribution in [0.1, 0.15) is 5.56 Å². The number of thioether (sulfide) groups is 1. The van der Waals surface area contributed by atoms with E-state index in [2.05, 4.69) is 15.5 Å². The molecular weight excluding hydrogens is 382 g/mol. The molecule has 3 aromatic rings. The Morgan fingerprint density at radius 2 is 2.15 bits per heavy atom. The first kappa shape index (κ1) is 18.9. The van der Waals surface area contributed by atoms with Crippen LogP contribution in [0.25, 0.3) is 11.3 Å². The summed E-state index contributed by atoms with van der Waals surface area (Å²) in [4.78, 5) is 16.5. The van der Waals surface area contributed by atoms with E-state index in [0.717, 1.165) is 15.6 Å². The number of phenols is 1. The topological polar surface area (TPSA) is 83.8 Å². The Morgan fingerprint density at radius 3 is 2.93 bits per heavy atom. The summed E-state index contributed by atoms with van der Waals surface area (Å²) in [6, 6.07) is 14.7. The second-order valence-electron chi connectivity index (χ2n) is 5.38. The van der Waals surface area contributed by atoms with Crippen LogP contribution in [0, 0.1) is 0 Å². The van der Waals surface area contributed by atoms with Crippen molar-refractivity contribution in [2.24, 2.45) is 5.10 Å². The van der Waals surface area contributed by atoms with Gasteiger partial charge < -0.3 is 9.84 Å². The van der Waals surface area contributed by atoms with Gasteiger partial charge in [0.15, 0.2) is 15.8 Å². The molecule has 0 fully saturated rings. The maximum atomic E-state index is 11.9. The minimum atomic E-state index is -0.224. The van der Waals surface area contributed by atoms with Crippen LogP contribution in [0.4, 0.5) is 0 Å². The number of benzene rings is 2. The van der Waals surface area contributed by atoms with Crippen molar-refractivity contribution >= 4 is 35.2 Å². The molecular formula is C19H17N3O3S2. The number of hydrogen-bond acceptors (Lipinski definition) is 7. The van der Waals surface area contributed by atoms with E-state index in [4.69, 9.17) is 4.74 Å². The van der Waals surface area contributed by atoms with E-state index in [-0.39, 0.29) is 17.4 Å². The van der Waals surface area contributed by atoms with Crippen molar-refractivity contribution in [3.05, 3.63) is 59.5 Å². The predicted molar refractivity (Wildman–Crippen MR) is 109 cm³/mol. The number of carbonyl (C=O) groups excluding carboxylic acids is 1. The molecule has 8 heteroatoms. The van der Waals surface area contributed by atoms with Crippen molar-refractivity contribution in [2.45, 2.75) is 4.34 Å². The fourth-order valence-corrected chi connectivity index (χ4v) is 3.81. The molecule has 138 valence electrons. The molecule has 0 saturated carbocycles. The largest absolute Gasteiger partial charge is 0.504 e. The number of hydrogen-bond donors (Lipinski definition) is 2. The molecule has 2 N–H and O–H groups in total. The van der Waals surface area contributed by atoms with Gasteiger partial charge in [-0.05, 0) is 23.8 Å². The third-order valence-electron chi connectivity index (χ3n) is 3.49. The van der Waals surface area contributed by atoms with E-state index in [9.17, 15) is 9.90 Å². The van der Waals surface area contributed by atoms with Gasteiger partial charge in [0.2, 0.25) is 0 Å². The van der Waals surface area contributed by atoms with E-state index < -0.39 is 0 Å². The van der Waals surface area contributed by atoms with Crippen molar-refractivity contribution in [3.63, 3.8) is 0 Å². The van der Waals surface area contributed by atoms with Gasteiger partial charge in [0.05, 0.1) is 24.8 Å². The Hall–Kier alpha value is -2.84. The zero-order valence-electron chi connectivity index (χ0n) is 14.5. The molecule has 0 radical (unpaired) electrons. The lowest BCUT2D eigenvalue weighted by Gasteiger charge is -2.03. The van der Waals surface area contributed by atoms with Crippen molar-refractivity contribution < 1.29 is 14.6 Å². The van der Waals surface area contributed by atoms with Gasteiger partial charge in [-0.2, -0.15) is 5.10 Å². The van der Waals surface area contributed by atoms with Gasteiger partial charge in [0, 0.05) is 10.9 Å². The lowest BCUT2D eigenvalue weighted by atomic mass is 10.2. The Morgan fingerprint density at radius 1 is 1.33 bits per heavy atom. The second kappa shape index (κ2) is 9.20. The van der Waals surface area contributed by atoms with Crippen molar-refractivity contribution in [1.29, 1.82) is 0 Å². The molecule has 2 aromatic carbocycles. The summed E-state index contributed by atoms with van der Waals surface area (Å²) in [6.45, 7) is 0. The number of aromatic nitrogens is 1. The average Bonchev–Trinajstić information content (AvgIpc) is 3.17. The van der Waals surface area contributed by atoms with Crippen LogP contribution in [0.3, 0.4) is 0 Å². The number of nitrogens with zero attached hydrogens (tertiary/aromatic N) is 2. The molecule has 0 saturated heterocycles. The number of nitrogens with one attached hydrogen (secondary N) is 1. The zero-order valence-corrected chi connectivity index (χ0v) is 16.1. The van der Waals surface area contributed by atoms with Crippen LogP contribution in [-0.2, 0) is 4.79 Å². The van der Waals surface area contributed by atoms with Crippen LogP contribution < -0.4 is 10.2 Å². The second-order valence-corrected chi connectivity index (χ2v) is 7.46. The highest BCUT2D eigenvalue weighted by Gasteiger charge is 2.07. The quantitative estimate of drug-likeness (QED) is 0.359. The first-order chi connectivity index (χ1) is 13.2. The fourth-order valence-electron chi connectivity index (χ4n) is 2.18. The smallest absolute Gasteiger partial charge is 0.250 e. The Labute approximate surface area is 164 Å². The number of ether oxygens (including phenoxy) is 1. The molecule has 1 heterocycles. The summed E-state index contributed by atoms with van der Waals surface area (Å²) in [7, 11) is 1.47. The van der Waals surface area contributed by atoms with E-state index in [1.807, 2.05) is 35.7 Å². The number of carbonyl (C=O) groups is 1. The summed E-state index contributed by atoms with van der Waals surface area (Å²) in [5.74, 6) is 0.392. The molecule has 0 aliphatic carbocycles. The molecule has 6 nitrogen and oxygen atoms in total. The molecule has 0 unspecified atom stereocenters. The first-order valence-electron chi connectivity index (χ1n) is 7.98. The summed E-state index contributed by atoms with van der Waals surface area (Å²) >= 11 is 2.88. The number of thiazole rings is 1. The van der Waals surface area contributed by atoms with E-state index in [0.29, 0.717) is 11.3 Å². The van der Waals surface area contributed by atoms with E-state index in [1.54, 1.807) is 12.1 Å². The van der Waals surface area contributed by atoms with Gasteiger partial charge in [-0.25, -0.2) is 10.4 Å². The molecule has 0 atom stereocenters. The first-order valence-corrected chi connectivity index (χ1v) is 9.85. The van der Waals surface area contributed by atoms with Crippen LogP contribution >= 0.6 is 23.1 Å². The van der Waals surface area contributed by atoms with E-state index >= 15 is 0 Å². The zero-order chi connectivity index (χ0) is 19.1. The lowest BCUT2D eigenvalue weighted by molar-refractivity contribution is -0.118. The Balaban J connectivity index is 1.49. The summed E-state index contributed by atoms with van der Waals surface area (Å²) in [5.41, 5.74) is 5.13.